The van der Waals surface area contributed by atoms with Crippen LogP contribution in [0.2, 0.25) is 0 Å². The quantitative estimate of drug-likeness (QED) is 0.526. The van der Waals surface area contributed by atoms with Gasteiger partial charge in [-0.2, -0.15) is 4.31 Å². The van der Waals surface area contributed by atoms with Crippen molar-refractivity contribution >= 4 is 10.0 Å². The molecule has 0 bridgehead atoms. The van der Waals surface area contributed by atoms with Crippen LogP contribution in [0.3, 0.4) is 0 Å². The molecule has 3 aromatic carbocycles. The summed E-state index contributed by atoms with van der Waals surface area (Å²) in [7, 11) is -3.47. The molecule has 6 rings (SSSR count). The van der Waals surface area contributed by atoms with Gasteiger partial charge in [-0.25, -0.2) is 8.42 Å². The molecule has 3 fully saturated rings. The van der Waals surface area contributed by atoms with Gasteiger partial charge < -0.3 is 0 Å². The van der Waals surface area contributed by atoms with Crippen molar-refractivity contribution in [1.82, 2.24) is 4.31 Å². The Morgan fingerprint density at radius 2 is 1.44 bits per heavy atom. The maximum Gasteiger partial charge on any atom is 0.243 e. The SMILES string of the molecule is Cc1ccc(S(=O)(=O)N2C[C@H]3[C@H](c4ccccc4)[C@@]3([C@@H]3[C@@H](C)[C@H]3c3ccccc3)C2)cc1. The topological polar surface area (TPSA) is 37.4 Å². The number of sulfonamides is 1. The Balaban J connectivity index is 1.35. The average Bonchev–Trinajstić information content (AvgIpc) is 3.62. The molecule has 0 unspecified atom stereocenters. The van der Waals surface area contributed by atoms with Gasteiger partial charge >= 0.3 is 0 Å². The molecule has 2 saturated carbocycles. The van der Waals surface area contributed by atoms with Gasteiger partial charge in [0.05, 0.1) is 4.90 Å². The predicted octanol–water partition coefficient (Wildman–Crippen LogP) is 5.45. The van der Waals surface area contributed by atoms with Crippen LogP contribution < -0.4 is 0 Å². The Morgan fingerprint density at radius 1 is 0.844 bits per heavy atom. The summed E-state index contributed by atoms with van der Waals surface area (Å²) in [5.74, 6) is 2.48. The molecular weight excluding hydrogens is 414 g/mol. The Labute approximate surface area is 191 Å². The maximum absolute atomic E-state index is 13.5. The number of fused-ring (bicyclic) bond motifs is 1. The van der Waals surface area contributed by atoms with E-state index in [1.807, 2.05) is 19.1 Å². The molecule has 32 heavy (non-hydrogen) atoms. The van der Waals surface area contributed by atoms with Crippen LogP contribution >= 0.6 is 0 Å². The van der Waals surface area contributed by atoms with Gasteiger partial charge in [-0.05, 0) is 65.2 Å². The van der Waals surface area contributed by atoms with Crippen molar-refractivity contribution in [2.24, 2.45) is 23.2 Å². The average molecular weight is 444 g/mol. The first-order valence-electron chi connectivity index (χ1n) is 11.6. The molecule has 3 aliphatic rings. The van der Waals surface area contributed by atoms with E-state index in [0.29, 0.717) is 47.6 Å². The largest absolute Gasteiger partial charge is 0.243 e. The Bertz CT molecular complexity index is 1240. The molecule has 1 heterocycles. The van der Waals surface area contributed by atoms with Crippen LogP contribution in [0.5, 0.6) is 0 Å². The first kappa shape index (κ1) is 20.2. The summed E-state index contributed by atoms with van der Waals surface area (Å²) in [6, 6.07) is 28.8. The van der Waals surface area contributed by atoms with Gasteiger partial charge in [0, 0.05) is 13.1 Å². The summed E-state index contributed by atoms with van der Waals surface area (Å²) in [4.78, 5) is 0.416. The van der Waals surface area contributed by atoms with Gasteiger partial charge in [-0.1, -0.05) is 85.3 Å². The minimum absolute atomic E-state index is 0.0407. The van der Waals surface area contributed by atoms with Gasteiger partial charge in [-0.3, -0.25) is 0 Å². The van der Waals surface area contributed by atoms with Crippen LogP contribution in [0.1, 0.15) is 35.4 Å². The molecule has 0 spiro atoms. The van der Waals surface area contributed by atoms with Crippen molar-refractivity contribution in [1.29, 1.82) is 0 Å². The molecule has 4 heteroatoms. The van der Waals surface area contributed by atoms with Crippen molar-refractivity contribution in [3.63, 3.8) is 0 Å². The summed E-state index contributed by atoms with van der Waals surface area (Å²) in [5.41, 5.74) is 3.89. The van der Waals surface area contributed by atoms with E-state index >= 15 is 0 Å². The molecule has 0 radical (unpaired) electrons. The van der Waals surface area contributed by atoms with Gasteiger partial charge in [0.25, 0.3) is 0 Å². The highest BCUT2D eigenvalue weighted by Crippen LogP contribution is 2.81. The van der Waals surface area contributed by atoms with Crippen LogP contribution in [0.15, 0.2) is 89.8 Å². The number of benzene rings is 3. The number of hydrogen-bond acceptors (Lipinski definition) is 2. The predicted molar refractivity (Wildman–Crippen MR) is 127 cm³/mol. The van der Waals surface area contributed by atoms with Gasteiger partial charge in [0.15, 0.2) is 0 Å². The van der Waals surface area contributed by atoms with E-state index < -0.39 is 10.0 Å². The van der Waals surface area contributed by atoms with Crippen LogP contribution in [0.25, 0.3) is 0 Å². The van der Waals surface area contributed by atoms with E-state index in [2.05, 4.69) is 67.6 Å². The van der Waals surface area contributed by atoms with Crippen LogP contribution in [0.4, 0.5) is 0 Å². The molecular formula is C28H29NO2S. The highest BCUT2D eigenvalue weighted by atomic mass is 32.2. The first-order chi connectivity index (χ1) is 15.4. The van der Waals surface area contributed by atoms with Crippen LogP contribution in [-0.4, -0.2) is 25.8 Å². The lowest BCUT2D eigenvalue weighted by Gasteiger charge is -2.24. The van der Waals surface area contributed by atoms with Crippen molar-refractivity contribution < 1.29 is 8.42 Å². The zero-order valence-corrected chi connectivity index (χ0v) is 19.4. The summed E-state index contributed by atoms with van der Waals surface area (Å²) in [6.07, 6.45) is 0. The van der Waals surface area contributed by atoms with Crippen LogP contribution in [-0.2, 0) is 10.0 Å². The van der Waals surface area contributed by atoms with Crippen molar-refractivity contribution in [2.75, 3.05) is 13.1 Å². The molecule has 0 N–H and O–H groups in total. The third kappa shape index (κ3) is 2.85. The Hall–Kier alpha value is -2.43. The van der Waals surface area contributed by atoms with Crippen molar-refractivity contribution in [3.8, 4) is 0 Å². The van der Waals surface area contributed by atoms with Gasteiger partial charge in [-0.15, -0.1) is 0 Å². The number of aryl methyl sites for hydroxylation is 1. The monoisotopic (exact) mass is 443 g/mol. The lowest BCUT2D eigenvalue weighted by atomic mass is 9.90. The standard InChI is InChI=1S/C28H29NO2S/c1-19-13-15-23(16-14-19)32(30,31)29-17-24-27(22-11-7-4-8-12-22)28(24,18-29)26-20(2)25(26)21-9-5-3-6-10-21/h3-16,20,24-27H,17-18H2,1-2H3/t20-,24-,25-,26+,27-,28-/m0/s1. The van der Waals surface area contributed by atoms with Crippen molar-refractivity contribution in [3.05, 3.63) is 102 Å². The number of nitrogens with zero attached hydrogens (tertiary/aromatic N) is 1. The zero-order chi connectivity index (χ0) is 22.1. The lowest BCUT2D eigenvalue weighted by Crippen LogP contribution is -2.34. The third-order valence-corrected chi connectivity index (χ3v) is 10.2. The minimum atomic E-state index is -3.47. The normalized spacial score (nSPS) is 33.6. The molecule has 1 aliphatic heterocycles. The third-order valence-electron chi connectivity index (χ3n) is 8.41. The van der Waals surface area contributed by atoms with Crippen molar-refractivity contribution in [2.45, 2.75) is 30.6 Å². The fourth-order valence-electron chi connectivity index (χ4n) is 6.90. The van der Waals surface area contributed by atoms with E-state index in [0.717, 1.165) is 5.56 Å². The summed E-state index contributed by atoms with van der Waals surface area (Å²) in [5, 5.41) is 0. The number of rotatable bonds is 5. The molecule has 0 amide bonds. The Kier molecular flexibility index (Phi) is 4.44. The molecule has 1 saturated heterocycles. The fourth-order valence-corrected chi connectivity index (χ4v) is 8.43. The number of hydrogen-bond donors (Lipinski definition) is 0. The molecule has 3 nitrogen and oxygen atoms in total. The van der Waals surface area contributed by atoms with Gasteiger partial charge in [0.1, 0.15) is 0 Å². The Morgan fingerprint density at radius 3 is 2.06 bits per heavy atom. The summed E-state index contributed by atoms with van der Waals surface area (Å²) < 4.78 is 28.8. The van der Waals surface area contributed by atoms with Crippen LogP contribution in [0, 0.1) is 30.1 Å². The summed E-state index contributed by atoms with van der Waals surface area (Å²) >= 11 is 0. The molecule has 2 aliphatic carbocycles. The van der Waals surface area contributed by atoms with Gasteiger partial charge in [0.2, 0.25) is 10.0 Å². The summed E-state index contributed by atoms with van der Waals surface area (Å²) in [6.45, 7) is 5.59. The number of piperidine rings is 1. The second-order valence-corrected chi connectivity index (χ2v) is 12.0. The zero-order valence-electron chi connectivity index (χ0n) is 18.6. The van der Waals surface area contributed by atoms with E-state index in [9.17, 15) is 8.42 Å². The smallest absolute Gasteiger partial charge is 0.207 e. The molecule has 0 aromatic heterocycles. The van der Waals surface area contributed by atoms with E-state index in [1.165, 1.54) is 11.1 Å². The van der Waals surface area contributed by atoms with E-state index in [-0.39, 0.29) is 5.41 Å². The molecule has 6 atom stereocenters. The maximum atomic E-state index is 13.5. The fraction of sp³-hybridized carbons (Fsp3) is 0.357. The van der Waals surface area contributed by atoms with E-state index in [4.69, 9.17) is 0 Å². The first-order valence-corrected chi connectivity index (χ1v) is 13.1. The molecule has 164 valence electrons. The minimum Gasteiger partial charge on any atom is -0.207 e. The molecule has 3 aromatic rings. The second kappa shape index (κ2) is 7.03. The highest BCUT2D eigenvalue weighted by Gasteiger charge is 2.79. The lowest BCUT2D eigenvalue weighted by molar-refractivity contribution is 0.342. The highest BCUT2D eigenvalue weighted by molar-refractivity contribution is 7.89. The van der Waals surface area contributed by atoms with E-state index in [1.54, 1.807) is 16.4 Å². The second-order valence-electron chi connectivity index (χ2n) is 10.0.